The van der Waals surface area contributed by atoms with Crippen molar-refractivity contribution in [1.82, 2.24) is 5.32 Å². The molecule has 0 bridgehead atoms. The Morgan fingerprint density at radius 2 is 1.57 bits per heavy atom. The quantitative estimate of drug-likeness (QED) is 0.451. The Kier molecular flexibility index (Phi) is 7.12. The van der Waals surface area contributed by atoms with Crippen LogP contribution >= 0.6 is 0 Å². The molecule has 0 saturated heterocycles. The van der Waals surface area contributed by atoms with E-state index in [2.05, 4.69) is 22.8 Å². The van der Waals surface area contributed by atoms with Crippen molar-refractivity contribution in [3.63, 3.8) is 0 Å². The van der Waals surface area contributed by atoms with E-state index < -0.39 is 24.0 Å². The van der Waals surface area contributed by atoms with E-state index in [0.29, 0.717) is 11.3 Å². The number of hydrogen-bond donors (Lipinski definition) is 3. The molecule has 0 saturated carbocycles. The summed E-state index contributed by atoms with van der Waals surface area (Å²) in [5, 5.41) is 14.4. The number of ether oxygens (including phenoxy) is 2. The molecule has 0 radical (unpaired) electrons. The number of nitrogens with one attached hydrogen (secondary N) is 2. The predicted molar refractivity (Wildman–Crippen MR) is 131 cm³/mol. The molecule has 0 aromatic heterocycles. The van der Waals surface area contributed by atoms with E-state index in [9.17, 15) is 19.5 Å². The van der Waals surface area contributed by atoms with E-state index in [1.807, 2.05) is 36.4 Å². The molecule has 2 amide bonds. The lowest BCUT2D eigenvalue weighted by molar-refractivity contribution is -0.140. The van der Waals surface area contributed by atoms with Gasteiger partial charge in [-0.25, -0.2) is 9.59 Å². The number of carbonyl (C=O) groups is 3. The Morgan fingerprint density at radius 1 is 0.943 bits per heavy atom. The molecule has 1 unspecified atom stereocenters. The monoisotopic (exact) mass is 474 g/mol. The minimum Gasteiger partial charge on any atom is -0.480 e. The van der Waals surface area contributed by atoms with Gasteiger partial charge in [0.1, 0.15) is 6.61 Å². The number of methoxy groups -OCH3 is 1. The Labute approximate surface area is 202 Å². The highest BCUT2D eigenvalue weighted by Gasteiger charge is 2.29. The number of carboxylic acids is 1. The maximum Gasteiger partial charge on any atom is 0.411 e. The summed E-state index contributed by atoms with van der Waals surface area (Å²) in [5.41, 5.74) is 5.62. The standard InChI is InChI=1S/C27H26N2O6/c1-16-17(25(30)28-24(15-34-2)26(31)32)12-7-13-23(16)29-27(33)35-14-22-20-10-5-3-8-18(20)19-9-4-6-11-21(19)22/h3-13,22,24H,14-15H2,1-2H3,(H,28,30)(H,29,33)(H,31,32). The smallest absolute Gasteiger partial charge is 0.411 e. The van der Waals surface area contributed by atoms with Crippen molar-refractivity contribution >= 4 is 23.7 Å². The van der Waals surface area contributed by atoms with Gasteiger partial charge in [-0.05, 0) is 46.9 Å². The van der Waals surface area contributed by atoms with E-state index in [-0.39, 0.29) is 24.7 Å². The third kappa shape index (κ3) is 5.02. The van der Waals surface area contributed by atoms with Crippen LogP contribution in [0.5, 0.6) is 0 Å². The van der Waals surface area contributed by atoms with Crippen LogP contribution in [0.15, 0.2) is 66.7 Å². The zero-order chi connectivity index (χ0) is 24.9. The van der Waals surface area contributed by atoms with Crippen LogP contribution in [-0.2, 0) is 14.3 Å². The number of amides is 2. The summed E-state index contributed by atoms with van der Waals surface area (Å²) in [4.78, 5) is 36.6. The minimum absolute atomic E-state index is 0.0694. The van der Waals surface area contributed by atoms with Gasteiger partial charge in [0.05, 0.1) is 6.61 Å². The van der Waals surface area contributed by atoms with Crippen LogP contribution < -0.4 is 10.6 Å². The van der Waals surface area contributed by atoms with Crippen molar-refractivity contribution in [3.05, 3.63) is 89.0 Å². The molecule has 0 fully saturated rings. The molecule has 8 heteroatoms. The zero-order valence-electron chi connectivity index (χ0n) is 19.4. The summed E-state index contributed by atoms with van der Waals surface area (Å²) in [6.07, 6.45) is -0.643. The van der Waals surface area contributed by atoms with Crippen molar-refractivity contribution in [3.8, 4) is 11.1 Å². The molecule has 3 aromatic rings. The highest BCUT2D eigenvalue weighted by molar-refractivity contribution is 6.00. The lowest BCUT2D eigenvalue weighted by Crippen LogP contribution is -2.44. The van der Waals surface area contributed by atoms with Crippen molar-refractivity contribution in [2.24, 2.45) is 0 Å². The number of anilines is 1. The molecule has 3 aromatic carbocycles. The predicted octanol–water partition coefficient (Wildman–Crippen LogP) is 4.19. The van der Waals surface area contributed by atoms with Gasteiger partial charge in [-0.15, -0.1) is 0 Å². The van der Waals surface area contributed by atoms with Crippen LogP contribution in [0.25, 0.3) is 11.1 Å². The second-order valence-corrected chi connectivity index (χ2v) is 8.25. The van der Waals surface area contributed by atoms with Gasteiger partial charge in [-0.1, -0.05) is 54.6 Å². The molecule has 1 aliphatic carbocycles. The molecule has 8 nitrogen and oxygen atoms in total. The second kappa shape index (κ2) is 10.4. The minimum atomic E-state index is -1.20. The van der Waals surface area contributed by atoms with Gasteiger partial charge >= 0.3 is 12.1 Å². The van der Waals surface area contributed by atoms with Gasteiger partial charge in [-0.3, -0.25) is 10.1 Å². The lowest BCUT2D eigenvalue weighted by Gasteiger charge is -2.17. The normalized spacial score (nSPS) is 12.9. The maximum absolute atomic E-state index is 12.7. The molecule has 1 atom stereocenters. The van der Waals surface area contributed by atoms with Crippen LogP contribution in [0.4, 0.5) is 10.5 Å². The molecular weight excluding hydrogens is 448 g/mol. The Hall–Kier alpha value is -4.17. The van der Waals surface area contributed by atoms with Crippen LogP contribution in [-0.4, -0.2) is 49.4 Å². The average molecular weight is 475 g/mol. The van der Waals surface area contributed by atoms with Crippen molar-refractivity contribution < 1.29 is 29.0 Å². The number of aliphatic carboxylic acids is 1. The first kappa shape index (κ1) is 24.0. The molecule has 0 heterocycles. The highest BCUT2D eigenvalue weighted by Crippen LogP contribution is 2.44. The van der Waals surface area contributed by atoms with Gasteiger partial charge in [0.25, 0.3) is 5.91 Å². The third-order valence-corrected chi connectivity index (χ3v) is 6.10. The van der Waals surface area contributed by atoms with Crippen molar-refractivity contribution in [2.45, 2.75) is 18.9 Å². The van der Waals surface area contributed by atoms with E-state index in [1.54, 1.807) is 25.1 Å². The third-order valence-electron chi connectivity index (χ3n) is 6.10. The maximum atomic E-state index is 12.7. The SMILES string of the molecule is COCC(NC(=O)c1cccc(NC(=O)OCC2c3ccccc3-c3ccccc32)c1C)C(=O)O. The number of benzene rings is 3. The second-order valence-electron chi connectivity index (χ2n) is 8.25. The zero-order valence-corrected chi connectivity index (χ0v) is 19.4. The molecule has 4 rings (SSSR count). The van der Waals surface area contributed by atoms with E-state index in [1.165, 1.54) is 7.11 Å². The average Bonchev–Trinajstić information content (AvgIpc) is 3.17. The van der Waals surface area contributed by atoms with E-state index in [4.69, 9.17) is 9.47 Å². The first-order chi connectivity index (χ1) is 16.9. The first-order valence-electron chi connectivity index (χ1n) is 11.1. The van der Waals surface area contributed by atoms with Gasteiger partial charge in [0.2, 0.25) is 0 Å². The Morgan fingerprint density at radius 3 is 2.17 bits per heavy atom. The summed E-state index contributed by atoms with van der Waals surface area (Å²) in [6, 6.07) is 19.8. The van der Waals surface area contributed by atoms with E-state index >= 15 is 0 Å². The molecule has 3 N–H and O–H groups in total. The Balaban J connectivity index is 1.44. The van der Waals surface area contributed by atoms with Crippen LogP contribution in [0.1, 0.15) is 33.0 Å². The largest absolute Gasteiger partial charge is 0.480 e. The summed E-state index contributed by atoms with van der Waals surface area (Å²) >= 11 is 0. The van der Waals surface area contributed by atoms with Gasteiger partial charge in [0.15, 0.2) is 6.04 Å². The van der Waals surface area contributed by atoms with Crippen LogP contribution in [0.2, 0.25) is 0 Å². The fraction of sp³-hybridized carbons (Fsp3) is 0.222. The molecule has 0 aliphatic heterocycles. The van der Waals surface area contributed by atoms with Crippen LogP contribution in [0, 0.1) is 6.92 Å². The fourth-order valence-electron chi connectivity index (χ4n) is 4.34. The summed E-state index contributed by atoms with van der Waals surface area (Å²) in [6.45, 7) is 1.66. The fourth-order valence-corrected chi connectivity index (χ4v) is 4.34. The number of rotatable bonds is 8. The number of fused-ring (bicyclic) bond motifs is 3. The topological polar surface area (TPSA) is 114 Å². The Bertz CT molecular complexity index is 1230. The van der Waals surface area contributed by atoms with Crippen molar-refractivity contribution in [1.29, 1.82) is 0 Å². The summed E-state index contributed by atoms with van der Waals surface area (Å²) < 4.78 is 10.4. The van der Waals surface area contributed by atoms with Gasteiger partial charge < -0.3 is 19.9 Å². The molecule has 1 aliphatic rings. The first-order valence-corrected chi connectivity index (χ1v) is 11.1. The summed E-state index contributed by atoms with van der Waals surface area (Å²) in [5.74, 6) is -1.85. The van der Waals surface area contributed by atoms with Gasteiger partial charge in [-0.2, -0.15) is 0 Å². The van der Waals surface area contributed by atoms with Crippen LogP contribution in [0.3, 0.4) is 0 Å². The molecular formula is C27H26N2O6. The lowest BCUT2D eigenvalue weighted by atomic mass is 9.98. The number of hydrogen-bond acceptors (Lipinski definition) is 5. The van der Waals surface area contributed by atoms with Gasteiger partial charge in [0, 0.05) is 24.3 Å². The molecule has 180 valence electrons. The summed E-state index contributed by atoms with van der Waals surface area (Å²) in [7, 11) is 1.35. The van der Waals surface area contributed by atoms with Crippen molar-refractivity contribution in [2.75, 3.05) is 25.6 Å². The molecule has 35 heavy (non-hydrogen) atoms. The molecule has 0 spiro atoms. The number of carbonyl (C=O) groups excluding carboxylic acids is 2. The highest BCUT2D eigenvalue weighted by atomic mass is 16.5. The van der Waals surface area contributed by atoms with E-state index in [0.717, 1.165) is 22.3 Å². The number of carboxylic acid groups (broad SMARTS) is 1.